The quantitative estimate of drug-likeness (QED) is 0.746. The van der Waals surface area contributed by atoms with E-state index in [0.29, 0.717) is 0 Å². The summed E-state index contributed by atoms with van der Waals surface area (Å²) >= 11 is 1.68. The Morgan fingerprint density at radius 1 is 1.50 bits per heavy atom. The number of thioether (sulfide) groups is 1. The first-order valence-electron chi connectivity index (χ1n) is 4.63. The Labute approximate surface area is 89.5 Å². The number of aliphatic hydroxyl groups is 1. The second kappa shape index (κ2) is 4.82. The van der Waals surface area contributed by atoms with Gasteiger partial charge in [-0.1, -0.05) is 17.7 Å². The molecule has 0 heterocycles. The van der Waals surface area contributed by atoms with E-state index >= 15 is 0 Å². The molecular formula is C11H17NOS. The minimum Gasteiger partial charge on any atom is -0.394 e. The van der Waals surface area contributed by atoms with Crippen molar-refractivity contribution in [1.29, 1.82) is 0 Å². The van der Waals surface area contributed by atoms with Gasteiger partial charge in [-0.05, 0) is 26.0 Å². The van der Waals surface area contributed by atoms with Gasteiger partial charge >= 0.3 is 0 Å². The van der Waals surface area contributed by atoms with Crippen molar-refractivity contribution in [2.75, 3.05) is 12.4 Å². The van der Waals surface area contributed by atoms with E-state index in [9.17, 15) is 0 Å². The lowest BCUT2D eigenvalue weighted by Crippen LogP contribution is -2.42. The molecule has 1 aromatic rings. The minimum atomic E-state index is -0.492. The zero-order chi connectivity index (χ0) is 10.6. The molecule has 1 unspecified atom stereocenters. The molecule has 0 saturated heterocycles. The van der Waals surface area contributed by atoms with Crippen molar-refractivity contribution in [3.63, 3.8) is 0 Å². The molecule has 0 saturated carbocycles. The van der Waals surface area contributed by atoms with E-state index in [1.807, 2.05) is 13.0 Å². The maximum Gasteiger partial charge on any atom is 0.0616 e. The van der Waals surface area contributed by atoms with Gasteiger partial charge in [-0.25, -0.2) is 0 Å². The third kappa shape index (κ3) is 3.70. The lowest BCUT2D eigenvalue weighted by molar-refractivity contribution is 0.224. The SMILES string of the molecule is Cc1cccc(SCC(C)(N)CO)c1. The monoisotopic (exact) mass is 211 g/mol. The smallest absolute Gasteiger partial charge is 0.0616 e. The van der Waals surface area contributed by atoms with Crippen molar-refractivity contribution in [2.45, 2.75) is 24.3 Å². The molecule has 0 radical (unpaired) electrons. The number of aliphatic hydroxyl groups excluding tert-OH is 1. The molecule has 1 rings (SSSR count). The van der Waals surface area contributed by atoms with Gasteiger partial charge in [-0.15, -0.1) is 11.8 Å². The third-order valence-corrected chi connectivity index (χ3v) is 3.31. The summed E-state index contributed by atoms with van der Waals surface area (Å²) in [6.45, 7) is 3.94. The lowest BCUT2D eigenvalue weighted by atomic mass is 10.1. The molecular weight excluding hydrogens is 194 g/mol. The Morgan fingerprint density at radius 2 is 2.21 bits per heavy atom. The average Bonchev–Trinajstić information content (AvgIpc) is 2.15. The Hall–Kier alpha value is -0.510. The first kappa shape index (κ1) is 11.6. The van der Waals surface area contributed by atoms with Crippen molar-refractivity contribution < 1.29 is 5.11 Å². The van der Waals surface area contributed by atoms with Crippen LogP contribution in [0.3, 0.4) is 0 Å². The van der Waals surface area contributed by atoms with Crippen LogP contribution in [0.25, 0.3) is 0 Å². The molecule has 14 heavy (non-hydrogen) atoms. The number of hydrogen-bond acceptors (Lipinski definition) is 3. The van der Waals surface area contributed by atoms with Crippen LogP contribution < -0.4 is 5.73 Å². The molecule has 2 nitrogen and oxygen atoms in total. The summed E-state index contributed by atoms with van der Waals surface area (Å²) in [7, 11) is 0. The van der Waals surface area contributed by atoms with E-state index in [2.05, 4.69) is 25.1 Å². The summed E-state index contributed by atoms with van der Waals surface area (Å²) in [4.78, 5) is 1.20. The molecule has 3 N–H and O–H groups in total. The highest BCUT2D eigenvalue weighted by Gasteiger charge is 2.16. The molecule has 78 valence electrons. The Bertz CT molecular complexity index is 299. The van der Waals surface area contributed by atoms with Gasteiger partial charge < -0.3 is 10.8 Å². The maximum atomic E-state index is 8.99. The van der Waals surface area contributed by atoms with E-state index in [1.165, 1.54) is 10.5 Å². The van der Waals surface area contributed by atoms with Crippen LogP contribution >= 0.6 is 11.8 Å². The van der Waals surface area contributed by atoms with Gasteiger partial charge in [-0.3, -0.25) is 0 Å². The van der Waals surface area contributed by atoms with E-state index in [1.54, 1.807) is 11.8 Å². The number of nitrogens with two attached hydrogens (primary N) is 1. The standard InChI is InChI=1S/C11H17NOS/c1-9-4-3-5-10(6-9)14-8-11(2,12)7-13/h3-6,13H,7-8,12H2,1-2H3. The number of benzene rings is 1. The van der Waals surface area contributed by atoms with Gasteiger partial charge in [0.05, 0.1) is 6.61 Å². The van der Waals surface area contributed by atoms with Gasteiger partial charge in [0.1, 0.15) is 0 Å². The van der Waals surface area contributed by atoms with E-state index < -0.39 is 5.54 Å². The molecule has 1 atom stereocenters. The highest BCUT2D eigenvalue weighted by Crippen LogP contribution is 2.22. The van der Waals surface area contributed by atoms with Crippen LogP contribution in [0.15, 0.2) is 29.2 Å². The second-order valence-electron chi connectivity index (χ2n) is 3.92. The van der Waals surface area contributed by atoms with Crippen molar-refractivity contribution in [3.05, 3.63) is 29.8 Å². The number of rotatable bonds is 4. The van der Waals surface area contributed by atoms with Crippen LogP contribution in [0.4, 0.5) is 0 Å². The van der Waals surface area contributed by atoms with Crippen molar-refractivity contribution in [1.82, 2.24) is 0 Å². The van der Waals surface area contributed by atoms with Crippen molar-refractivity contribution in [2.24, 2.45) is 5.73 Å². The molecule has 1 aromatic carbocycles. The van der Waals surface area contributed by atoms with Crippen LogP contribution in [-0.2, 0) is 0 Å². The molecule has 0 aliphatic rings. The van der Waals surface area contributed by atoms with E-state index in [0.717, 1.165) is 5.75 Å². The van der Waals surface area contributed by atoms with E-state index in [4.69, 9.17) is 10.8 Å². The molecule has 0 spiro atoms. The van der Waals surface area contributed by atoms with Gasteiger partial charge in [0.25, 0.3) is 0 Å². The molecule has 0 fully saturated rings. The van der Waals surface area contributed by atoms with Gasteiger partial charge in [0.15, 0.2) is 0 Å². The fraction of sp³-hybridized carbons (Fsp3) is 0.455. The molecule has 0 aliphatic heterocycles. The second-order valence-corrected chi connectivity index (χ2v) is 4.97. The minimum absolute atomic E-state index is 0.0197. The Morgan fingerprint density at radius 3 is 2.79 bits per heavy atom. The fourth-order valence-corrected chi connectivity index (χ4v) is 2.03. The lowest BCUT2D eigenvalue weighted by Gasteiger charge is -2.20. The van der Waals surface area contributed by atoms with Crippen molar-refractivity contribution >= 4 is 11.8 Å². The van der Waals surface area contributed by atoms with Crippen LogP contribution in [0.5, 0.6) is 0 Å². The van der Waals surface area contributed by atoms with Crippen LogP contribution in [0.2, 0.25) is 0 Å². The maximum absolute atomic E-state index is 8.99. The normalized spacial score (nSPS) is 15.1. The van der Waals surface area contributed by atoms with E-state index in [-0.39, 0.29) is 6.61 Å². The van der Waals surface area contributed by atoms with Crippen molar-refractivity contribution in [3.8, 4) is 0 Å². The topological polar surface area (TPSA) is 46.2 Å². The fourth-order valence-electron chi connectivity index (χ4n) is 0.999. The van der Waals surface area contributed by atoms with Crippen LogP contribution in [-0.4, -0.2) is 23.0 Å². The molecule has 0 aromatic heterocycles. The predicted octanol–water partition coefficient (Wildman–Crippen LogP) is 1.80. The molecule has 0 bridgehead atoms. The molecule has 3 heteroatoms. The first-order valence-corrected chi connectivity index (χ1v) is 5.61. The largest absolute Gasteiger partial charge is 0.394 e. The average molecular weight is 211 g/mol. The van der Waals surface area contributed by atoms with Crippen LogP contribution in [0.1, 0.15) is 12.5 Å². The van der Waals surface area contributed by atoms with Gasteiger partial charge in [0, 0.05) is 16.2 Å². The summed E-state index contributed by atoms with van der Waals surface area (Å²) in [6.07, 6.45) is 0. The Kier molecular flexibility index (Phi) is 3.98. The summed E-state index contributed by atoms with van der Waals surface area (Å²) < 4.78 is 0. The summed E-state index contributed by atoms with van der Waals surface area (Å²) in [5.41, 5.74) is 6.59. The first-order chi connectivity index (χ1) is 6.53. The zero-order valence-corrected chi connectivity index (χ0v) is 9.47. The summed E-state index contributed by atoms with van der Waals surface area (Å²) in [5, 5.41) is 8.99. The number of hydrogen-bond donors (Lipinski definition) is 2. The summed E-state index contributed by atoms with van der Waals surface area (Å²) in [5.74, 6) is 0.729. The highest BCUT2D eigenvalue weighted by atomic mass is 32.2. The molecule has 0 aliphatic carbocycles. The number of aryl methyl sites for hydroxylation is 1. The Balaban J connectivity index is 2.54. The highest BCUT2D eigenvalue weighted by molar-refractivity contribution is 7.99. The predicted molar refractivity (Wildman–Crippen MR) is 61.6 cm³/mol. The van der Waals surface area contributed by atoms with Gasteiger partial charge in [0.2, 0.25) is 0 Å². The third-order valence-electron chi connectivity index (χ3n) is 1.92. The molecule has 0 amide bonds. The summed E-state index contributed by atoms with van der Waals surface area (Å²) in [6, 6.07) is 8.28. The van der Waals surface area contributed by atoms with Gasteiger partial charge in [-0.2, -0.15) is 0 Å². The van der Waals surface area contributed by atoms with Crippen LogP contribution in [0, 0.1) is 6.92 Å². The zero-order valence-electron chi connectivity index (χ0n) is 8.66.